The quantitative estimate of drug-likeness (QED) is 0.866. The topological polar surface area (TPSA) is 76.7 Å². The fourth-order valence-electron chi connectivity index (χ4n) is 3.18. The Bertz CT molecular complexity index is 822. The first kappa shape index (κ1) is 16.4. The van der Waals surface area contributed by atoms with Crippen molar-refractivity contribution in [3.63, 3.8) is 0 Å². The molecule has 0 saturated heterocycles. The summed E-state index contributed by atoms with van der Waals surface area (Å²) in [4.78, 5) is 24.3. The average molecular weight is 352 g/mol. The summed E-state index contributed by atoms with van der Waals surface area (Å²) in [5.74, 6) is 1.16. The summed E-state index contributed by atoms with van der Waals surface area (Å²) >= 11 is 0. The minimum absolute atomic E-state index is 0.0421. The van der Waals surface area contributed by atoms with Gasteiger partial charge in [0.05, 0.1) is 6.54 Å². The van der Waals surface area contributed by atoms with Crippen LogP contribution in [-0.4, -0.2) is 31.6 Å². The molecule has 1 aliphatic carbocycles. The van der Waals surface area contributed by atoms with Gasteiger partial charge in [-0.25, -0.2) is 0 Å². The van der Waals surface area contributed by atoms with Gasteiger partial charge in [-0.15, -0.1) is 0 Å². The Balaban J connectivity index is 1.26. The zero-order valence-electron chi connectivity index (χ0n) is 14.2. The van der Waals surface area contributed by atoms with E-state index >= 15 is 0 Å². The number of hydrogen-bond donors (Lipinski definition) is 2. The number of nitrogens with one attached hydrogen (secondary N) is 2. The van der Waals surface area contributed by atoms with Crippen molar-refractivity contribution in [1.29, 1.82) is 0 Å². The van der Waals surface area contributed by atoms with Gasteiger partial charge in [-0.05, 0) is 30.0 Å². The van der Waals surface area contributed by atoms with Crippen LogP contribution in [0.5, 0.6) is 11.5 Å². The van der Waals surface area contributed by atoms with Crippen LogP contribution >= 0.6 is 0 Å². The highest BCUT2D eigenvalue weighted by atomic mass is 16.6. The third kappa shape index (κ3) is 3.64. The van der Waals surface area contributed by atoms with Crippen LogP contribution in [0, 0.1) is 5.92 Å². The van der Waals surface area contributed by atoms with Gasteiger partial charge in [0, 0.05) is 17.7 Å². The fraction of sp³-hybridized carbons (Fsp3) is 0.300. The van der Waals surface area contributed by atoms with Crippen LogP contribution in [0.4, 0.5) is 5.69 Å². The van der Waals surface area contributed by atoms with Crippen molar-refractivity contribution in [2.24, 2.45) is 5.92 Å². The van der Waals surface area contributed by atoms with Crippen LogP contribution in [0.2, 0.25) is 0 Å². The second-order valence-corrected chi connectivity index (χ2v) is 6.48. The van der Waals surface area contributed by atoms with E-state index in [1.807, 2.05) is 30.3 Å². The molecule has 0 bridgehead atoms. The molecule has 1 saturated carbocycles. The molecular weight excluding hydrogens is 332 g/mol. The molecule has 4 rings (SSSR count). The SMILES string of the molecule is O=C(CNC(=O)C1CC1c1ccccc1)Nc1ccc2c(c1)OCCO2. The summed E-state index contributed by atoms with van der Waals surface area (Å²) in [5.41, 5.74) is 1.79. The molecule has 2 amide bonds. The summed E-state index contributed by atoms with van der Waals surface area (Å²) in [6.45, 7) is 0.964. The van der Waals surface area contributed by atoms with Crippen LogP contribution in [-0.2, 0) is 9.59 Å². The maximum atomic E-state index is 12.2. The van der Waals surface area contributed by atoms with Crippen LogP contribution < -0.4 is 20.1 Å². The van der Waals surface area contributed by atoms with Gasteiger partial charge in [-0.3, -0.25) is 9.59 Å². The number of fused-ring (bicyclic) bond motifs is 1. The Labute approximate surface area is 151 Å². The largest absolute Gasteiger partial charge is 0.486 e. The maximum Gasteiger partial charge on any atom is 0.243 e. The van der Waals surface area contributed by atoms with Gasteiger partial charge in [0.15, 0.2) is 11.5 Å². The first-order valence-electron chi connectivity index (χ1n) is 8.73. The summed E-state index contributed by atoms with van der Waals surface area (Å²) in [5, 5.41) is 5.48. The van der Waals surface area contributed by atoms with E-state index in [-0.39, 0.29) is 30.2 Å². The molecular formula is C20H20N2O4. The van der Waals surface area contributed by atoms with Crippen molar-refractivity contribution < 1.29 is 19.1 Å². The predicted octanol–water partition coefficient (Wildman–Crippen LogP) is 2.32. The standard InChI is InChI=1S/C20H20N2O4/c23-19(22-14-6-7-17-18(10-14)26-9-8-25-17)12-21-20(24)16-11-15(16)13-4-2-1-3-5-13/h1-7,10,15-16H,8-9,11-12H2,(H,21,24)(H,22,23). The van der Waals surface area contributed by atoms with E-state index in [2.05, 4.69) is 10.6 Å². The third-order valence-corrected chi connectivity index (χ3v) is 4.60. The molecule has 134 valence electrons. The normalized spacial score (nSPS) is 20.2. The van der Waals surface area contributed by atoms with Gasteiger partial charge in [0.25, 0.3) is 0 Å². The van der Waals surface area contributed by atoms with Gasteiger partial charge in [-0.1, -0.05) is 30.3 Å². The van der Waals surface area contributed by atoms with Gasteiger partial charge < -0.3 is 20.1 Å². The number of anilines is 1. The van der Waals surface area contributed by atoms with Crippen molar-refractivity contribution in [2.45, 2.75) is 12.3 Å². The molecule has 0 aromatic heterocycles. The van der Waals surface area contributed by atoms with Crippen molar-refractivity contribution in [3.05, 3.63) is 54.1 Å². The van der Waals surface area contributed by atoms with Crippen LogP contribution in [0.25, 0.3) is 0 Å². The number of hydrogen-bond acceptors (Lipinski definition) is 4. The lowest BCUT2D eigenvalue weighted by Gasteiger charge is -2.19. The zero-order chi connectivity index (χ0) is 17.9. The second kappa shape index (κ2) is 7.07. The molecule has 2 unspecified atom stereocenters. The van der Waals surface area contributed by atoms with Crippen LogP contribution in [0.1, 0.15) is 17.9 Å². The Morgan fingerprint density at radius 3 is 2.58 bits per heavy atom. The molecule has 1 aliphatic heterocycles. The van der Waals surface area contributed by atoms with E-state index in [1.54, 1.807) is 18.2 Å². The molecule has 2 N–H and O–H groups in total. The van der Waals surface area contributed by atoms with Gasteiger partial charge >= 0.3 is 0 Å². The third-order valence-electron chi connectivity index (χ3n) is 4.60. The number of rotatable bonds is 5. The minimum Gasteiger partial charge on any atom is -0.486 e. The molecule has 1 fully saturated rings. The van der Waals surface area contributed by atoms with Gasteiger partial charge in [0.2, 0.25) is 11.8 Å². The zero-order valence-corrected chi connectivity index (χ0v) is 14.2. The summed E-state index contributed by atoms with van der Waals surface area (Å²) in [6, 6.07) is 15.2. The van der Waals surface area contributed by atoms with Crippen molar-refractivity contribution in [3.8, 4) is 11.5 Å². The Kier molecular flexibility index (Phi) is 4.48. The highest BCUT2D eigenvalue weighted by Gasteiger charge is 2.43. The molecule has 0 spiro atoms. The second-order valence-electron chi connectivity index (χ2n) is 6.48. The highest BCUT2D eigenvalue weighted by molar-refractivity contribution is 5.95. The first-order chi connectivity index (χ1) is 12.7. The highest BCUT2D eigenvalue weighted by Crippen LogP contribution is 2.47. The lowest BCUT2D eigenvalue weighted by atomic mass is 10.1. The van der Waals surface area contributed by atoms with Crippen LogP contribution in [0.3, 0.4) is 0 Å². The van der Waals surface area contributed by atoms with E-state index < -0.39 is 0 Å². The number of carbonyl (C=O) groups is 2. The summed E-state index contributed by atoms with van der Waals surface area (Å²) in [6.07, 6.45) is 0.833. The summed E-state index contributed by atoms with van der Waals surface area (Å²) < 4.78 is 10.9. The van der Waals surface area contributed by atoms with Gasteiger partial charge in [-0.2, -0.15) is 0 Å². The Morgan fingerprint density at radius 2 is 1.77 bits per heavy atom. The molecule has 2 aromatic rings. The van der Waals surface area contributed by atoms with Crippen LogP contribution in [0.15, 0.2) is 48.5 Å². The van der Waals surface area contributed by atoms with E-state index in [4.69, 9.17) is 9.47 Å². The Morgan fingerprint density at radius 1 is 1.00 bits per heavy atom. The minimum atomic E-state index is -0.271. The maximum absolute atomic E-state index is 12.2. The number of amides is 2. The molecule has 2 atom stereocenters. The van der Waals surface area contributed by atoms with Gasteiger partial charge in [0.1, 0.15) is 13.2 Å². The number of ether oxygens (including phenoxy) is 2. The molecule has 0 radical (unpaired) electrons. The number of carbonyl (C=O) groups excluding carboxylic acids is 2. The fourth-order valence-corrected chi connectivity index (χ4v) is 3.18. The average Bonchev–Trinajstić information content (AvgIpc) is 3.48. The molecule has 1 heterocycles. The van der Waals surface area contributed by atoms with Crippen molar-refractivity contribution >= 4 is 17.5 Å². The van der Waals surface area contributed by atoms with E-state index in [0.29, 0.717) is 30.4 Å². The van der Waals surface area contributed by atoms with Crippen molar-refractivity contribution in [1.82, 2.24) is 5.32 Å². The van der Waals surface area contributed by atoms with E-state index in [9.17, 15) is 9.59 Å². The molecule has 2 aliphatic rings. The number of benzene rings is 2. The smallest absolute Gasteiger partial charge is 0.243 e. The first-order valence-corrected chi connectivity index (χ1v) is 8.73. The molecule has 6 nitrogen and oxygen atoms in total. The predicted molar refractivity (Wildman–Crippen MR) is 96.4 cm³/mol. The monoisotopic (exact) mass is 352 g/mol. The summed E-state index contributed by atoms with van der Waals surface area (Å²) in [7, 11) is 0. The van der Waals surface area contributed by atoms with E-state index in [0.717, 1.165) is 6.42 Å². The van der Waals surface area contributed by atoms with E-state index in [1.165, 1.54) is 5.56 Å². The lowest BCUT2D eigenvalue weighted by Crippen LogP contribution is -2.34. The molecule has 6 heteroatoms. The Hall–Kier alpha value is -3.02. The van der Waals surface area contributed by atoms with Crippen molar-refractivity contribution in [2.75, 3.05) is 25.1 Å². The molecule has 2 aromatic carbocycles. The molecule has 26 heavy (non-hydrogen) atoms. The lowest BCUT2D eigenvalue weighted by molar-refractivity contribution is -0.125.